The van der Waals surface area contributed by atoms with Crippen molar-refractivity contribution >= 4 is 21.8 Å². The summed E-state index contributed by atoms with van der Waals surface area (Å²) < 4.78 is 14.1. The lowest BCUT2D eigenvalue weighted by atomic mass is 9.78. The molecule has 4 heteroatoms. The van der Waals surface area contributed by atoms with Crippen molar-refractivity contribution in [3.05, 3.63) is 34.1 Å². The Labute approximate surface area is 102 Å². The van der Waals surface area contributed by atoms with E-state index in [0.29, 0.717) is 4.47 Å². The molecule has 2 rings (SSSR count). The first-order valence-corrected chi connectivity index (χ1v) is 6.07. The van der Waals surface area contributed by atoms with E-state index in [1.54, 1.807) is 6.07 Å². The van der Waals surface area contributed by atoms with Crippen LogP contribution in [0.1, 0.15) is 36.5 Å². The highest BCUT2D eigenvalue weighted by Gasteiger charge is 2.33. The van der Waals surface area contributed by atoms with Crippen molar-refractivity contribution in [2.24, 2.45) is 0 Å². The summed E-state index contributed by atoms with van der Waals surface area (Å²) >= 11 is 3.16. The minimum absolute atomic E-state index is 0.108. The summed E-state index contributed by atoms with van der Waals surface area (Å²) in [6.45, 7) is 1.99. The maximum atomic E-state index is 13.5. The van der Waals surface area contributed by atoms with Gasteiger partial charge in [0.1, 0.15) is 5.82 Å². The molecule has 0 aromatic heterocycles. The van der Waals surface area contributed by atoms with E-state index in [2.05, 4.69) is 21.2 Å². The molecule has 0 spiro atoms. The van der Waals surface area contributed by atoms with Crippen LogP contribution in [-0.2, 0) is 0 Å². The van der Waals surface area contributed by atoms with Crippen molar-refractivity contribution in [1.82, 2.24) is 5.32 Å². The van der Waals surface area contributed by atoms with Crippen molar-refractivity contribution in [1.29, 1.82) is 0 Å². The topological polar surface area (TPSA) is 29.1 Å². The molecule has 0 radical (unpaired) electrons. The van der Waals surface area contributed by atoms with Crippen LogP contribution in [0.25, 0.3) is 0 Å². The minimum atomic E-state index is -0.491. The molecule has 2 nitrogen and oxygen atoms in total. The van der Waals surface area contributed by atoms with Gasteiger partial charge in [-0.1, -0.05) is 15.9 Å². The van der Waals surface area contributed by atoms with Crippen molar-refractivity contribution in [2.75, 3.05) is 0 Å². The third kappa shape index (κ3) is 2.26. The lowest BCUT2D eigenvalue weighted by Crippen LogP contribution is -2.51. The van der Waals surface area contributed by atoms with Gasteiger partial charge in [0.25, 0.3) is 5.91 Å². The molecular formula is C12H13BrFNO. The molecule has 1 fully saturated rings. The molecule has 0 heterocycles. The van der Waals surface area contributed by atoms with Gasteiger partial charge in [-0.15, -0.1) is 0 Å². The molecule has 0 unspecified atom stereocenters. The molecule has 16 heavy (non-hydrogen) atoms. The fourth-order valence-corrected chi connectivity index (χ4v) is 2.18. The number of rotatable bonds is 2. The highest BCUT2D eigenvalue weighted by atomic mass is 79.9. The summed E-state index contributed by atoms with van der Waals surface area (Å²) in [6, 6.07) is 4.47. The fraction of sp³-hybridized carbons (Fsp3) is 0.417. The number of nitrogens with one attached hydrogen (secondary N) is 1. The van der Waals surface area contributed by atoms with Gasteiger partial charge >= 0.3 is 0 Å². The highest BCUT2D eigenvalue weighted by molar-refractivity contribution is 9.10. The predicted molar refractivity (Wildman–Crippen MR) is 63.8 cm³/mol. The zero-order valence-electron chi connectivity index (χ0n) is 9.02. The summed E-state index contributed by atoms with van der Waals surface area (Å²) in [5.41, 5.74) is -0.0346. The Balaban J connectivity index is 2.14. The van der Waals surface area contributed by atoms with Crippen LogP contribution in [0.5, 0.6) is 0 Å². The van der Waals surface area contributed by atoms with E-state index in [1.807, 2.05) is 6.92 Å². The van der Waals surface area contributed by atoms with Crippen LogP contribution in [0, 0.1) is 5.82 Å². The fourth-order valence-electron chi connectivity index (χ4n) is 1.85. The van der Waals surface area contributed by atoms with E-state index in [0.717, 1.165) is 19.3 Å². The van der Waals surface area contributed by atoms with Crippen LogP contribution < -0.4 is 5.32 Å². The highest BCUT2D eigenvalue weighted by Crippen LogP contribution is 2.31. The second-order valence-corrected chi connectivity index (χ2v) is 5.41. The SMILES string of the molecule is CC1(NC(=O)c2ccc(Br)cc2F)CCC1. The first kappa shape index (κ1) is 11.6. The molecule has 86 valence electrons. The Kier molecular flexibility index (Phi) is 3.02. The lowest BCUT2D eigenvalue weighted by molar-refractivity contribution is 0.0846. The molecule has 0 bridgehead atoms. The number of halogens is 2. The number of amides is 1. The largest absolute Gasteiger partial charge is 0.347 e. The molecular weight excluding hydrogens is 273 g/mol. The smallest absolute Gasteiger partial charge is 0.254 e. The van der Waals surface area contributed by atoms with Crippen molar-refractivity contribution in [3.8, 4) is 0 Å². The Morgan fingerprint density at radius 1 is 1.50 bits per heavy atom. The molecule has 1 amide bonds. The Morgan fingerprint density at radius 3 is 2.69 bits per heavy atom. The van der Waals surface area contributed by atoms with Crippen LogP contribution in [0.4, 0.5) is 4.39 Å². The van der Waals surface area contributed by atoms with Gasteiger partial charge in [-0.05, 0) is 44.4 Å². The van der Waals surface area contributed by atoms with E-state index in [1.165, 1.54) is 12.1 Å². The zero-order chi connectivity index (χ0) is 11.8. The molecule has 1 N–H and O–H groups in total. The van der Waals surface area contributed by atoms with E-state index in [9.17, 15) is 9.18 Å². The van der Waals surface area contributed by atoms with Crippen LogP contribution >= 0.6 is 15.9 Å². The van der Waals surface area contributed by atoms with E-state index >= 15 is 0 Å². The summed E-state index contributed by atoms with van der Waals surface area (Å²) in [5, 5.41) is 2.88. The predicted octanol–water partition coefficient (Wildman–Crippen LogP) is 3.26. The zero-order valence-corrected chi connectivity index (χ0v) is 10.6. The van der Waals surface area contributed by atoms with Gasteiger partial charge in [0, 0.05) is 10.0 Å². The van der Waals surface area contributed by atoms with Gasteiger partial charge in [-0.3, -0.25) is 4.79 Å². The maximum absolute atomic E-state index is 13.5. The molecule has 0 saturated heterocycles. The van der Waals surface area contributed by atoms with Crippen molar-refractivity contribution in [2.45, 2.75) is 31.7 Å². The monoisotopic (exact) mass is 285 g/mol. The summed E-state index contributed by atoms with van der Waals surface area (Å²) in [7, 11) is 0. The molecule has 1 aromatic rings. The van der Waals surface area contributed by atoms with Crippen LogP contribution in [-0.4, -0.2) is 11.4 Å². The van der Waals surface area contributed by atoms with Crippen LogP contribution in [0.15, 0.2) is 22.7 Å². The third-order valence-corrected chi connectivity index (χ3v) is 3.54. The van der Waals surface area contributed by atoms with E-state index < -0.39 is 5.82 Å². The average Bonchev–Trinajstić information content (AvgIpc) is 2.14. The van der Waals surface area contributed by atoms with Gasteiger partial charge in [-0.2, -0.15) is 0 Å². The van der Waals surface area contributed by atoms with E-state index in [-0.39, 0.29) is 17.0 Å². The van der Waals surface area contributed by atoms with Gasteiger partial charge in [-0.25, -0.2) is 4.39 Å². The Morgan fingerprint density at radius 2 is 2.19 bits per heavy atom. The maximum Gasteiger partial charge on any atom is 0.254 e. The number of hydrogen-bond donors (Lipinski definition) is 1. The standard InChI is InChI=1S/C12H13BrFNO/c1-12(5-2-6-12)15-11(16)9-4-3-8(13)7-10(9)14/h3-4,7H,2,5-6H2,1H3,(H,15,16). The number of benzene rings is 1. The second kappa shape index (κ2) is 4.17. The number of carbonyl (C=O) groups is 1. The molecule has 0 aliphatic heterocycles. The minimum Gasteiger partial charge on any atom is -0.347 e. The molecule has 1 aliphatic carbocycles. The summed E-state index contributed by atoms with van der Waals surface area (Å²) in [5.74, 6) is -0.818. The summed E-state index contributed by atoms with van der Waals surface area (Å²) in [4.78, 5) is 11.8. The number of carbonyl (C=O) groups excluding carboxylic acids is 1. The van der Waals surface area contributed by atoms with Crippen LogP contribution in [0.2, 0.25) is 0 Å². The first-order chi connectivity index (χ1) is 7.50. The summed E-state index contributed by atoms with van der Waals surface area (Å²) in [6.07, 6.45) is 3.06. The van der Waals surface area contributed by atoms with Crippen molar-refractivity contribution in [3.63, 3.8) is 0 Å². The Hall–Kier alpha value is -0.900. The van der Waals surface area contributed by atoms with Crippen molar-refractivity contribution < 1.29 is 9.18 Å². The first-order valence-electron chi connectivity index (χ1n) is 5.28. The molecule has 1 saturated carbocycles. The average molecular weight is 286 g/mol. The second-order valence-electron chi connectivity index (χ2n) is 4.49. The Bertz CT molecular complexity index is 429. The molecule has 1 aromatic carbocycles. The van der Waals surface area contributed by atoms with Crippen LogP contribution in [0.3, 0.4) is 0 Å². The normalized spacial score (nSPS) is 17.7. The van der Waals surface area contributed by atoms with E-state index in [4.69, 9.17) is 0 Å². The van der Waals surface area contributed by atoms with Gasteiger partial charge in [0.15, 0.2) is 0 Å². The molecule has 1 aliphatic rings. The number of hydrogen-bond acceptors (Lipinski definition) is 1. The van der Waals surface area contributed by atoms with Gasteiger partial charge in [0.2, 0.25) is 0 Å². The lowest BCUT2D eigenvalue weighted by Gasteiger charge is -2.39. The molecule has 0 atom stereocenters. The van der Waals surface area contributed by atoms with Gasteiger partial charge < -0.3 is 5.32 Å². The third-order valence-electron chi connectivity index (χ3n) is 3.05. The quantitative estimate of drug-likeness (QED) is 0.888. The van der Waals surface area contributed by atoms with Gasteiger partial charge in [0.05, 0.1) is 5.56 Å².